The van der Waals surface area contributed by atoms with Gasteiger partial charge in [0, 0.05) is 22.4 Å². The molecule has 2 rings (SSSR count). The van der Waals surface area contributed by atoms with Gasteiger partial charge in [0.05, 0.1) is 16.5 Å². The highest BCUT2D eigenvalue weighted by atomic mass is 32.2. The molecule has 0 fully saturated rings. The second-order valence-electron chi connectivity index (χ2n) is 4.18. The van der Waals surface area contributed by atoms with Crippen LogP contribution in [0.5, 0.6) is 0 Å². The molecule has 106 valence electrons. The Bertz CT molecular complexity index is 752. The zero-order valence-electron chi connectivity index (χ0n) is 11.2. The van der Waals surface area contributed by atoms with E-state index in [0.29, 0.717) is 21.2 Å². The first-order valence-electron chi connectivity index (χ1n) is 6.07. The highest BCUT2D eigenvalue weighted by molar-refractivity contribution is 7.85. The third kappa shape index (κ3) is 3.95. The number of hydrogen-bond donors (Lipinski definition) is 1. The molecule has 2 aromatic carbocycles. The molecule has 5 nitrogen and oxygen atoms in total. The average Bonchev–Trinajstić information content (AvgIpc) is 2.47. The van der Waals surface area contributed by atoms with E-state index in [-0.39, 0.29) is 5.91 Å². The maximum atomic E-state index is 12.5. The van der Waals surface area contributed by atoms with Crippen LogP contribution in [0.1, 0.15) is 6.92 Å². The van der Waals surface area contributed by atoms with E-state index in [1.807, 2.05) is 0 Å². The molecule has 1 unspecified atom stereocenters. The predicted molar refractivity (Wildman–Crippen MR) is 79.6 cm³/mol. The van der Waals surface area contributed by atoms with E-state index in [1.54, 1.807) is 48.5 Å². The largest absolute Gasteiger partial charge is 0.326 e. The Morgan fingerprint density at radius 1 is 1.14 bits per heavy atom. The summed E-state index contributed by atoms with van der Waals surface area (Å²) in [7, 11) is -1.43. The molecule has 0 aromatic heterocycles. The van der Waals surface area contributed by atoms with Gasteiger partial charge in [0.15, 0.2) is 0 Å². The van der Waals surface area contributed by atoms with E-state index < -0.39 is 10.8 Å². The molecule has 0 aliphatic carbocycles. The number of nitrogens with zero attached hydrogens (tertiary/aromatic N) is 1. The van der Waals surface area contributed by atoms with Crippen LogP contribution >= 0.6 is 0 Å². The predicted octanol–water partition coefficient (Wildman–Crippen LogP) is 2.78. The lowest BCUT2D eigenvalue weighted by molar-refractivity contribution is -0.114. The number of carbonyl (C=O) groups is 1. The average molecular weight is 300 g/mol. The minimum absolute atomic E-state index is 0.194. The van der Waals surface area contributed by atoms with E-state index in [0.717, 1.165) is 0 Å². The Hall–Kier alpha value is -2.56. The van der Waals surface area contributed by atoms with Crippen molar-refractivity contribution in [2.75, 3.05) is 5.32 Å². The molecule has 6 heteroatoms. The van der Waals surface area contributed by atoms with Crippen LogP contribution in [0, 0.1) is 0 Å². The molecule has 1 atom stereocenters. The minimum Gasteiger partial charge on any atom is -0.326 e. The molecule has 0 spiro atoms. The van der Waals surface area contributed by atoms with Crippen molar-refractivity contribution in [2.45, 2.75) is 16.7 Å². The molecule has 21 heavy (non-hydrogen) atoms. The monoisotopic (exact) mass is 300 g/mol. The molecule has 1 N–H and O–H groups in total. The van der Waals surface area contributed by atoms with E-state index in [1.165, 1.54) is 13.0 Å². The van der Waals surface area contributed by atoms with Crippen molar-refractivity contribution >= 4 is 34.2 Å². The Labute approximate surface area is 124 Å². The first kappa shape index (κ1) is 14.8. The van der Waals surface area contributed by atoms with E-state index >= 15 is 0 Å². The highest BCUT2D eigenvalue weighted by Crippen LogP contribution is 2.22. The van der Waals surface area contributed by atoms with Crippen LogP contribution in [0.4, 0.5) is 11.4 Å². The smallest absolute Gasteiger partial charge is 0.240 e. The fraction of sp³-hybridized carbons (Fsp3) is 0.0667. The maximum Gasteiger partial charge on any atom is 0.240 e. The van der Waals surface area contributed by atoms with Gasteiger partial charge >= 0.3 is 0 Å². The van der Waals surface area contributed by atoms with Crippen molar-refractivity contribution in [3.05, 3.63) is 48.5 Å². The number of anilines is 1. The van der Waals surface area contributed by atoms with Crippen molar-refractivity contribution in [1.82, 2.24) is 0 Å². The molecule has 0 radical (unpaired) electrons. The highest BCUT2D eigenvalue weighted by Gasteiger charge is 2.09. The second kappa shape index (κ2) is 6.74. The van der Waals surface area contributed by atoms with Crippen molar-refractivity contribution < 1.29 is 13.8 Å². The maximum absolute atomic E-state index is 12.5. The van der Waals surface area contributed by atoms with Gasteiger partial charge in [0.25, 0.3) is 0 Å². The topological polar surface area (TPSA) is 75.6 Å². The van der Waals surface area contributed by atoms with Crippen LogP contribution < -0.4 is 5.32 Å². The molecular weight excluding hydrogens is 288 g/mol. The third-order valence-electron chi connectivity index (χ3n) is 2.57. The molecular formula is C15H12N2O3S. The van der Waals surface area contributed by atoms with Crippen molar-refractivity contribution in [2.24, 2.45) is 4.99 Å². The molecule has 0 heterocycles. The van der Waals surface area contributed by atoms with Gasteiger partial charge in [-0.2, -0.15) is 4.99 Å². The Balaban J connectivity index is 2.33. The minimum atomic E-state index is -1.43. The summed E-state index contributed by atoms with van der Waals surface area (Å²) in [5.74, 6) is -0.194. The first-order valence-corrected chi connectivity index (χ1v) is 7.22. The molecule has 0 saturated heterocycles. The Morgan fingerprint density at radius 2 is 1.81 bits per heavy atom. The van der Waals surface area contributed by atoms with Crippen molar-refractivity contribution in [3.63, 3.8) is 0 Å². The normalized spacial score (nSPS) is 11.3. The molecule has 2 aromatic rings. The number of benzene rings is 2. The Morgan fingerprint density at radius 3 is 2.48 bits per heavy atom. The van der Waals surface area contributed by atoms with E-state index in [4.69, 9.17) is 0 Å². The molecule has 0 aliphatic rings. The number of carbonyl (C=O) groups excluding carboxylic acids is 2. The van der Waals surface area contributed by atoms with Crippen molar-refractivity contribution in [1.29, 1.82) is 0 Å². The summed E-state index contributed by atoms with van der Waals surface area (Å²) in [5, 5.41) is 2.64. The standard InChI is InChI=1S/C15H12N2O3S/c1-11(19)17-13-5-3-7-15(9-13)21(20)14-6-2-4-12(8-14)16-10-18/h2-9H,1H3,(H,17,19). The number of isocyanates is 1. The van der Waals surface area contributed by atoms with Crippen LogP contribution in [0.25, 0.3) is 0 Å². The van der Waals surface area contributed by atoms with Gasteiger partial charge in [0.1, 0.15) is 0 Å². The second-order valence-corrected chi connectivity index (χ2v) is 5.66. The summed E-state index contributed by atoms with van der Waals surface area (Å²) in [6, 6.07) is 13.3. The van der Waals surface area contributed by atoms with E-state index in [2.05, 4.69) is 10.3 Å². The summed E-state index contributed by atoms with van der Waals surface area (Å²) in [5.41, 5.74) is 0.976. The number of aliphatic imine (C=N–C) groups is 1. The molecule has 1 amide bonds. The van der Waals surface area contributed by atoms with Gasteiger partial charge in [-0.3, -0.25) is 4.79 Å². The van der Waals surface area contributed by atoms with Crippen LogP contribution in [0.2, 0.25) is 0 Å². The van der Waals surface area contributed by atoms with Gasteiger partial charge in [-0.15, -0.1) is 0 Å². The van der Waals surface area contributed by atoms with Crippen LogP contribution in [-0.2, 0) is 20.4 Å². The lowest BCUT2D eigenvalue weighted by Gasteiger charge is -2.06. The fourth-order valence-corrected chi connectivity index (χ4v) is 2.89. The number of amides is 1. The van der Waals surface area contributed by atoms with Crippen LogP contribution in [0.3, 0.4) is 0 Å². The SMILES string of the molecule is CC(=O)Nc1cccc(S(=O)c2cccc(N=C=O)c2)c1. The van der Waals surface area contributed by atoms with Gasteiger partial charge < -0.3 is 5.32 Å². The van der Waals surface area contributed by atoms with Gasteiger partial charge in [-0.25, -0.2) is 9.00 Å². The van der Waals surface area contributed by atoms with Gasteiger partial charge in [-0.05, 0) is 36.4 Å². The number of nitrogens with one attached hydrogen (secondary N) is 1. The summed E-state index contributed by atoms with van der Waals surface area (Å²) in [6.45, 7) is 1.41. The molecule has 0 saturated carbocycles. The van der Waals surface area contributed by atoms with Crippen LogP contribution in [0.15, 0.2) is 63.3 Å². The van der Waals surface area contributed by atoms with Crippen molar-refractivity contribution in [3.8, 4) is 0 Å². The fourth-order valence-electron chi connectivity index (χ4n) is 1.75. The van der Waals surface area contributed by atoms with Gasteiger partial charge in [-0.1, -0.05) is 12.1 Å². The lowest BCUT2D eigenvalue weighted by atomic mass is 10.3. The quantitative estimate of drug-likeness (QED) is 0.697. The summed E-state index contributed by atoms with van der Waals surface area (Å²) in [4.78, 5) is 25.9. The number of hydrogen-bond acceptors (Lipinski definition) is 4. The molecule has 0 bridgehead atoms. The summed E-state index contributed by atoms with van der Waals surface area (Å²) in [6.07, 6.45) is 1.45. The summed E-state index contributed by atoms with van der Waals surface area (Å²) >= 11 is 0. The zero-order chi connectivity index (χ0) is 15.2. The molecule has 0 aliphatic heterocycles. The van der Waals surface area contributed by atoms with E-state index in [9.17, 15) is 13.8 Å². The Kier molecular flexibility index (Phi) is 4.77. The lowest BCUT2D eigenvalue weighted by Crippen LogP contribution is -2.06. The summed E-state index contributed by atoms with van der Waals surface area (Å²) < 4.78 is 12.5. The first-order chi connectivity index (χ1) is 10.1. The zero-order valence-corrected chi connectivity index (χ0v) is 12.0. The number of rotatable bonds is 4. The van der Waals surface area contributed by atoms with Gasteiger partial charge in [0.2, 0.25) is 12.0 Å². The van der Waals surface area contributed by atoms with Crippen LogP contribution in [-0.4, -0.2) is 16.2 Å². The third-order valence-corrected chi connectivity index (χ3v) is 3.94.